The van der Waals surface area contributed by atoms with E-state index in [1.807, 2.05) is 43.3 Å². The van der Waals surface area contributed by atoms with Gasteiger partial charge in [0.2, 0.25) is 0 Å². The molecule has 0 fully saturated rings. The van der Waals surface area contributed by atoms with E-state index in [0.29, 0.717) is 0 Å². The summed E-state index contributed by atoms with van der Waals surface area (Å²) in [6.07, 6.45) is 3.16. The van der Waals surface area contributed by atoms with Gasteiger partial charge in [-0.2, -0.15) is 0 Å². The molecule has 0 aliphatic carbocycles. The maximum Gasteiger partial charge on any atom is 0.0512 e. The minimum Gasteiger partial charge on any atom is -0.393 e. The molecular formula is C14H26O. The first-order chi connectivity index (χ1) is 7.18. The van der Waals surface area contributed by atoms with Crippen molar-refractivity contribution in [3.8, 4) is 0 Å². The van der Waals surface area contributed by atoms with Gasteiger partial charge in [0.05, 0.1) is 6.10 Å². The zero-order chi connectivity index (χ0) is 11.9. The van der Waals surface area contributed by atoms with Gasteiger partial charge in [0.15, 0.2) is 0 Å². The monoisotopic (exact) mass is 210 g/mol. The van der Waals surface area contributed by atoms with Crippen LogP contribution in [0, 0.1) is 0 Å². The lowest BCUT2D eigenvalue weighted by atomic mass is 10.2. The van der Waals surface area contributed by atoms with Crippen molar-refractivity contribution in [3.05, 3.63) is 36.4 Å². The summed E-state index contributed by atoms with van der Waals surface area (Å²) in [7, 11) is 0. The maximum absolute atomic E-state index is 8.55. The van der Waals surface area contributed by atoms with Crippen molar-refractivity contribution in [2.24, 2.45) is 0 Å². The van der Waals surface area contributed by atoms with E-state index in [0.717, 1.165) is 12.8 Å². The second-order valence-corrected chi connectivity index (χ2v) is 3.50. The molecule has 1 aromatic carbocycles. The molecule has 0 saturated carbocycles. The fourth-order valence-electron chi connectivity index (χ4n) is 0.803. The molecule has 1 N–H and O–H groups in total. The Morgan fingerprint density at radius 1 is 0.867 bits per heavy atom. The lowest BCUT2D eigenvalue weighted by molar-refractivity contribution is 0.183. The van der Waals surface area contributed by atoms with E-state index in [9.17, 15) is 0 Å². The molecule has 0 saturated heterocycles. The fraction of sp³-hybridized carbons (Fsp3) is 0.571. The predicted molar refractivity (Wildman–Crippen MR) is 69.0 cm³/mol. The third kappa shape index (κ3) is 24.6. The number of hydrogen-bond donors (Lipinski definition) is 1. The Hall–Kier alpha value is -0.820. The van der Waals surface area contributed by atoms with Crippen molar-refractivity contribution >= 4 is 0 Å². The molecule has 1 rings (SSSR count). The summed E-state index contributed by atoms with van der Waals surface area (Å²) in [4.78, 5) is 0. The van der Waals surface area contributed by atoms with Gasteiger partial charge in [0.25, 0.3) is 0 Å². The highest BCUT2D eigenvalue weighted by atomic mass is 16.3. The van der Waals surface area contributed by atoms with E-state index in [2.05, 4.69) is 20.8 Å². The second kappa shape index (κ2) is 15.6. The minimum absolute atomic E-state index is 0.102. The molecule has 0 aliphatic rings. The van der Waals surface area contributed by atoms with Crippen LogP contribution < -0.4 is 0 Å². The van der Waals surface area contributed by atoms with Gasteiger partial charge >= 0.3 is 0 Å². The Balaban J connectivity index is 0. The van der Waals surface area contributed by atoms with Crippen LogP contribution in [0.5, 0.6) is 0 Å². The van der Waals surface area contributed by atoms with Gasteiger partial charge in [-0.05, 0) is 13.3 Å². The average Bonchev–Trinajstić information content (AvgIpc) is 2.22. The van der Waals surface area contributed by atoms with E-state index in [-0.39, 0.29) is 6.10 Å². The van der Waals surface area contributed by atoms with Gasteiger partial charge in [0, 0.05) is 0 Å². The van der Waals surface area contributed by atoms with Crippen molar-refractivity contribution in [1.82, 2.24) is 0 Å². The van der Waals surface area contributed by atoms with Crippen LogP contribution in [-0.4, -0.2) is 11.2 Å². The topological polar surface area (TPSA) is 20.2 Å². The SMILES string of the molecule is CCC.CCCC(C)O.c1ccccc1. The standard InChI is InChI=1S/C6H6.C5H12O.C3H8/c1-2-4-6-5-3-1;1-3-4-5(2)6;1-3-2/h1-6H;5-6H,3-4H2,1-2H3;3H2,1-2H3. The van der Waals surface area contributed by atoms with E-state index < -0.39 is 0 Å². The Bertz CT molecular complexity index is 143. The van der Waals surface area contributed by atoms with Gasteiger partial charge in [-0.1, -0.05) is 70.0 Å². The van der Waals surface area contributed by atoms with Crippen LogP contribution in [0.1, 0.15) is 47.0 Å². The first kappa shape index (κ1) is 16.6. The molecule has 0 amide bonds. The van der Waals surface area contributed by atoms with E-state index in [1.165, 1.54) is 6.42 Å². The van der Waals surface area contributed by atoms with Crippen molar-refractivity contribution < 1.29 is 5.11 Å². The molecule has 0 spiro atoms. The Morgan fingerprint density at radius 3 is 1.20 bits per heavy atom. The van der Waals surface area contributed by atoms with Gasteiger partial charge in [-0.15, -0.1) is 0 Å². The average molecular weight is 210 g/mol. The van der Waals surface area contributed by atoms with E-state index in [4.69, 9.17) is 5.11 Å². The Kier molecular flexibility index (Phi) is 17.3. The fourth-order valence-corrected chi connectivity index (χ4v) is 0.803. The van der Waals surface area contributed by atoms with Gasteiger partial charge in [0.1, 0.15) is 0 Å². The van der Waals surface area contributed by atoms with Crippen LogP contribution in [0.2, 0.25) is 0 Å². The van der Waals surface area contributed by atoms with Crippen LogP contribution >= 0.6 is 0 Å². The molecule has 88 valence electrons. The predicted octanol–water partition coefficient (Wildman–Crippen LogP) is 4.27. The summed E-state index contributed by atoms with van der Waals surface area (Å²) < 4.78 is 0. The van der Waals surface area contributed by atoms with Gasteiger partial charge in [-0.3, -0.25) is 0 Å². The van der Waals surface area contributed by atoms with Crippen molar-refractivity contribution in [1.29, 1.82) is 0 Å². The molecule has 0 bridgehead atoms. The van der Waals surface area contributed by atoms with E-state index >= 15 is 0 Å². The summed E-state index contributed by atoms with van der Waals surface area (Å²) >= 11 is 0. The van der Waals surface area contributed by atoms with Gasteiger partial charge < -0.3 is 5.11 Å². The lowest BCUT2D eigenvalue weighted by Gasteiger charge is -1.95. The van der Waals surface area contributed by atoms with Crippen LogP contribution in [0.25, 0.3) is 0 Å². The Morgan fingerprint density at radius 2 is 1.13 bits per heavy atom. The molecular weight excluding hydrogens is 184 g/mol. The third-order valence-electron chi connectivity index (χ3n) is 1.37. The van der Waals surface area contributed by atoms with Crippen molar-refractivity contribution in [3.63, 3.8) is 0 Å². The molecule has 1 nitrogen and oxygen atoms in total. The van der Waals surface area contributed by atoms with Crippen LogP contribution in [0.4, 0.5) is 0 Å². The summed E-state index contributed by atoms with van der Waals surface area (Å²) in [5, 5.41) is 8.55. The number of benzene rings is 1. The zero-order valence-corrected chi connectivity index (χ0v) is 10.6. The highest BCUT2D eigenvalue weighted by molar-refractivity contribution is 4.99. The summed E-state index contributed by atoms with van der Waals surface area (Å²) in [6.45, 7) is 8.12. The summed E-state index contributed by atoms with van der Waals surface area (Å²) in [5.41, 5.74) is 0. The molecule has 0 heterocycles. The second-order valence-electron chi connectivity index (χ2n) is 3.50. The highest BCUT2D eigenvalue weighted by Crippen LogP contribution is 1.91. The minimum atomic E-state index is -0.102. The van der Waals surface area contributed by atoms with Gasteiger partial charge in [-0.25, -0.2) is 0 Å². The molecule has 0 aliphatic heterocycles. The zero-order valence-electron chi connectivity index (χ0n) is 10.6. The first-order valence-corrected chi connectivity index (χ1v) is 5.87. The normalized spacial score (nSPS) is 10.2. The van der Waals surface area contributed by atoms with Crippen LogP contribution in [0.3, 0.4) is 0 Å². The third-order valence-corrected chi connectivity index (χ3v) is 1.37. The quantitative estimate of drug-likeness (QED) is 0.773. The molecule has 15 heavy (non-hydrogen) atoms. The number of rotatable bonds is 2. The Labute approximate surface area is 95.2 Å². The molecule has 1 atom stereocenters. The molecule has 0 aromatic heterocycles. The van der Waals surface area contributed by atoms with Crippen molar-refractivity contribution in [2.75, 3.05) is 0 Å². The smallest absolute Gasteiger partial charge is 0.0512 e. The number of aliphatic hydroxyl groups excluding tert-OH is 1. The van der Waals surface area contributed by atoms with Crippen LogP contribution in [-0.2, 0) is 0 Å². The molecule has 0 radical (unpaired) electrons. The summed E-state index contributed by atoms with van der Waals surface area (Å²) in [6, 6.07) is 12.0. The van der Waals surface area contributed by atoms with E-state index in [1.54, 1.807) is 0 Å². The molecule has 1 unspecified atom stereocenters. The molecule has 1 aromatic rings. The van der Waals surface area contributed by atoms with Crippen LogP contribution in [0.15, 0.2) is 36.4 Å². The number of hydrogen-bond acceptors (Lipinski definition) is 1. The lowest BCUT2D eigenvalue weighted by Crippen LogP contribution is -1.95. The largest absolute Gasteiger partial charge is 0.393 e. The summed E-state index contributed by atoms with van der Waals surface area (Å²) in [5.74, 6) is 0. The van der Waals surface area contributed by atoms with Crippen molar-refractivity contribution in [2.45, 2.75) is 53.1 Å². The maximum atomic E-state index is 8.55. The first-order valence-electron chi connectivity index (χ1n) is 5.87. The number of aliphatic hydroxyl groups is 1. The molecule has 1 heteroatoms. The highest BCUT2D eigenvalue weighted by Gasteiger charge is 1.87.